The molecule has 4 rings (SSSR count). The number of fused-ring (bicyclic) bond motifs is 1. The summed E-state index contributed by atoms with van der Waals surface area (Å²) in [5.74, 6) is 2.29. The van der Waals surface area contributed by atoms with Crippen molar-refractivity contribution in [3.8, 4) is 22.9 Å². The number of aryl methyl sites for hydroxylation is 1. The highest BCUT2D eigenvalue weighted by molar-refractivity contribution is 5.93. The normalized spacial score (nSPS) is 10.8. The Kier molecular flexibility index (Phi) is 4.97. The maximum absolute atomic E-state index is 11.2. The minimum absolute atomic E-state index is 0.454. The molecule has 2 aromatic heterocycles. The van der Waals surface area contributed by atoms with Gasteiger partial charge >= 0.3 is 0 Å². The fourth-order valence-electron chi connectivity index (χ4n) is 3.26. The number of primary amides is 1. The van der Waals surface area contributed by atoms with Crippen molar-refractivity contribution in [2.45, 2.75) is 0 Å². The van der Waals surface area contributed by atoms with E-state index in [2.05, 4.69) is 10.3 Å². The SMILES string of the molecule is COc1ccc(-c2nc3cnc(Nc4ccc(C(N)=O)cc4)cc3n2C)cc1OC. The van der Waals surface area contributed by atoms with E-state index in [1.165, 1.54) is 0 Å². The molecule has 0 atom stereocenters. The fourth-order valence-corrected chi connectivity index (χ4v) is 3.26. The molecule has 0 bridgehead atoms. The van der Waals surface area contributed by atoms with E-state index in [0.717, 1.165) is 28.1 Å². The molecule has 152 valence electrons. The standard InChI is InChI=1S/C22H21N5O3/c1-27-17-11-20(25-15-7-4-13(5-8-15)21(23)28)24-12-16(17)26-22(27)14-6-9-18(29-2)19(10-14)30-3/h4-12H,1-3H3,(H2,23,28)(H,24,25). The van der Waals surface area contributed by atoms with E-state index in [1.807, 2.05) is 35.9 Å². The largest absolute Gasteiger partial charge is 0.493 e. The predicted molar refractivity (Wildman–Crippen MR) is 115 cm³/mol. The Morgan fingerprint density at radius 3 is 2.43 bits per heavy atom. The van der Waals surface area contributed by atoms with Crippen LogP contribution in [-0.2, 0) is 7.05 Å². The third kappa shape index (κ3) is 3.50. The number of ether oxygens (including phenoxy) is 2. The van der Waals surface area contributed by atoms with Gasteiger partial charge < -0.3 is 25.1 Å². The molecule has 1 amide bonds. The van der Waals surface area contributed by atoms with E-state index in [9.17, 15) is 4.79 Å². The first-order valence-electron chi connectivity index (χ1n) is 9.22. The van der Waals surface area contributed by atoms with Crippen LogP contribution in [0.5, 0.6) is 11.5 Å². The highest BCUT2D eigenvalue weighted by atomic mass is 16.5. The summed E-state index contributed by atoms with van der Waals surface area (Å²) in [6, 6.07) is 14.5. The number of methoxy groups -OCH3 is 2. The second-order valence-electron chi connectivity index (χ2n) is 6.69. The summed E-state index contributed by atoms with van der Waals surface area (Å²) in [6.45, 7) is 0. The third-order valence-electron chi connectivity index (χ3n) is 4.85. The van der Waals surface area contributed by atoms with Gasteiger partial charge in [-0.3, -0.25) is 4.79 Å². The Morgan fingerprint density at radius 1 is 1.03 bits per heavy atom. The highest BCUT2D eigenvalue weighted by Crippen LogP contribution is 2.33. The number of nitrogens with one attached hydrogen (secondary N) is 1. The molecule has 0 fully saturated rings. The average molecular weight is 403 g/mol. The molecule has 2 heterocycles. The number of nitrogens with zero attached hydrogens (tertiary/aromatic N) is 3. The second-order valence-corrected chi connectivity index (χ2v) is 6.69. The summed E-state index contributed by atoms with van der Waals surface area (Å²) in [6.07, 6.45) is 1.72. The van der Waals surface area contributed by atoms with E-state index in [4.69, 9.17) is 20.2 Å². The van der Waals surface area contributed by atoms with E-state index in [-0.39, 0.29) is 0 Å². The highest BCUT2D eigenvalue weighted by Gasteiger charge is 2.14. The lowest BCUT2D eigenvalue weighted by Gasteiger charge is -2.09. The number of anilines is 2. The van der Waals surface area contributed by atoms with Crippen LogP contribution in [0.15, 0.2) is 54.7 Å². The molecule has 0 unspecified atom stereocenters. The Morgan fingerprint density at radius 2 is 1.77 bits per heavy atom. The van der Waals surface area contributed by atoms with Gasteiger partial charge in [0.25, 0.3) is 0 Å². The molecule has 30 heavy (non-hydrogen) atoms. The number of aromatic nitrogens is 3. The fraction of sp³-hybridized carbons (Fsp3) is 0.136. The van der Waals surface area contributed by atoms with Gasteiger partial charge in [0.2, 0.25) is 5.91 Å². The molecule has 0 saturated carbocycles. The van der Waals surface area contributed by atoms with Gasteiger partial charge in [-0.05, 0) is 42.5 Å². The number of carbonyl (C=O) groups is 1. The molecule has 0 spiro atoms. The van der Waals surface area contributed by atoms with Crippen molar-refractivity contribution in [3.63, 3.8) is 0 Å². The number of carbonyl (C=O) groups excluding carboxylic acids is 1. The summed E-state index contributed by atoms with van der Waals surface area (Å²) >= 11 is 0. The van der Waals surface area contributed by atoms with Crippen molar-refractivity contribution in [1.82, 2.24) is 14.5 Å². The number of pyridine rings is 1. The minimum Gasteiger partial charge on any atom is -0.493 e. The Hall–Kier alpha value is -4.07. The van der Waals surface area contributed by atoms with Gasteiger partial charge in [-0.25, -0.2) is 9.97 Å². The summed E-state index contributed by atoms with van der Waals surface area (Å²) in [5.41, 5.74) is 9.14. The Labute approximate surface area is 173 Å². The van der Waals surface area contributed by atoms with Gasteiger partial charge in [0, 0.05) is 29.9 Å². The quantitative estimate of drug-likeness (QED) is 0.511. The molecule has 0 aliphatic heterocycles. The van der Waals surface area contributed by atoms with Gasteiger partial charge in [0.15, 0.2) is 11.5 Å². The molecular formula is C22H21N5O3. The zero-order chi connectivity index (χ0) is 21.3. The van der Waals surface area contributed by atoms with Crippen LogP contribution >= 0.6 is 0 Å². The van der Waals surface area contributed by atoms with Crippen molar-refractivity contribution >= 4 is 28.4 Å². The lowest BCUT2D eigenvalue weighted by atomic mass is 10.2. The van der Waals surface area contributed by atoms with E-state index >= 15 is 0 Å². The number of hydrogen-bond acceptors (Lipinski definition) is 6. The summed E-state index contributed by atoms with van der Waals surface area (Å²) in [7, 11) is 5.16. The smallest absolute Gasteiger partial charge is 0.248 e. The predicted octanol–water partition coefficient (Wildman–Crippen LogP) is 3.50. The van der Waals surface area contributed by atoms with E-state index in [0.29, 0.717) is 22.9 Å². The first-order valence-corrected chi connectivity index (χ1v) is 9.22. The third-order valence-corrected chi connectivity index (χ3v) is 4.85. The number of rotatable bonds is 6. The van der Waals surface area contributed by atoms with Crippen molar-refractivity contribution in [2.24, 2.45) is 12.8 Å². The van der Waals surface area contributed by atoms with Crippen molar-refractivity contribution in [3.05, 3.63) is 60.3 Å². The molecule has 0 aliphatic rings. The summed E-state index contributed by atoms with van der Waals surface area (Å²) < 4.78 is 12.7. The maximum atomic E-state index is 11.2. The van der Waals surface area contributed by atoms with Crippen molar-refractivity contribution in [1.29, 1.82) is 0 Å². The number of nitrogens with two attached hydrogens (primary N) is 1. The topological polar surface area (TPSA) is 104 Å². The van der Waals surface area contributed by atoms with Crippen LogP contribution in [0.1, 0.15) is 10.4 Å². The monoisotopic (exact) mass is 403 g/mol. The summed E-state index contributed by atoms with van der Waals surface area (Å²) in [4.78, 5) is 20.4. The zero-order valence-electron chi connectivity index (χ0n) is 16.8. The van der Waals surface area contributed by atoms with Crippen LogP contribution in [0.2, 0.25) is 0 Å². The lowest BCUT2D eigenvalue weighted by Crippen LogP contribution is -2.10. The van der Waals surface area contributed by atoms with E-state index < -0.39 is 5.91 Å². The molecule has 0 saturated heterocycles. The van der Waals surface area contributed by atoms with Crippen LogP contribution in [0, 0.1) is 0 Å². The number of benzene rings is 2. The molecule has 0 radical (unpaired) electrons. The van der Waals surface area contributed by atoms with Gasteiger partial charge in [-0.15, -0.1) is 0 Å². The number of imidazole rings is 1. The van der Waals surface area contributed by atoms with Crippen LogP contribution in [0.4, 0.5) is 11.5 Å². The van der Waals surface area contributed by atoms with Gasteiger partial charge in [-0.1, -0.05) is 0 Å². The van der Waals surface area contributed by atoms with Gasteiger partial charge in [0.1, 0.15) is 17.2 Å². The molecule has 0 aliphatic carbocycles. The Bertz CT molecular complexity index is 1230. The zero-order valence-corrected chi connectivity index (χ0v) is 16.8. The van der Waals surface area contributed by atoms with Gasteiger partial charge in [-0.2, -0.15) is 0 Å². The van der Waals surface area contributed by atoms with Crippen LogP contribution < -0.4 is 20.5 Å². The molecule has 4 aromatic rings. The number of hydrogen-bond donors (Lipinski definition) is 2. The molecular weight excluding hydrogens is 382 g/mol. The lowest BCUT2D eigenvalue weighted by molar-refractivity contribution is 0.100. The molecule has 2 aromatic carbocycles. The van der Waals surface area contributed by atoms with Crippen LogP contribution in [0.3, 0.4) is 0 Å². The summed E-state index contributed by atoms with van der Waals surface area (Å²) in [5, 5.41) is 3.23. The van der Waals surface area contributed by atoms with Crippen molar-refractivity contribution in [2.75, 3.05) is 19.5 Å². The van der Waals surface area contributed by atoms with Crippen LogP contribution in [-0.4, -0.2) is 34.7 Å². The first kappa shape index (κ1) is 19.3. The second kappa shape index (κ2) is 7.75. The average Bonchev–Trinajstić information content (AvgIpc) is 3.09. The van der Waals surface area contributed by atoms with Crippen LogP contribution in [0.25, 0.3) is 22.4 Å². The van der Waals surface area contributed by atoms with Crippen molar-refractivity contribution < 1.29 is 14.3 Å². The molecule has 8 nitrogen and oxygen atoms in total. The molecule has 3 N–H and O–H groups in total. The maximum Gasteiger partial charge on any atom is 0.248 e. The number of amides is 1. The molecule has 8 heteroatoms. The Balaban J connectivity index is 1.67. The van der Waals surface area contributed by atoms with Gasteiger partial charge in [0.05, 0.1) is 25.9 Å². The van der Waals surface area contributed by atoms with E-state index in [1.54, 1.807) is 44.7 Å². The minimum atomic E-state index is -0.460. The first-order chi connectivity index (χ1) is 14.5.